The first-order valence-electron chi connectivity index (χ1n) is 5.76. The van der Waals surface area contributed by atoms with Crippen molar-refractivity contribution in [3.63, 3.8) is 0 Å². The number of halogens is 1. The number of aryl methyl sites for hydroxylation is 1. The SMILES string of the molecule is Cc1cc(C(C)(C)C)ccc1OCCS(=O)(=O)Cl. The van der Waals surface area contributed by atoms with Crippen LogP contribution in [-0.4, -0.2) is 20.8 Å². The van der Waals surface area contributed by atoms with Crippen LogP contribution in [0.5, 0.6) is 5.75 Å². The van der Waals surface area contributed by atoms with E-state index >= 15 is 0 Å². The third-order valence-electron chi connectivity index (χ3n) is 2.63. The molecule has 5 heteroatoms. The van der Waals surface area contributed by atoms with Gasteiger partial charge in [-0.05, 0) is 29.5 Å². The molecule has 0 aliphatic carbocycles. The maximum Gasteiger partial charge on any atom is 0.235 e. The third kappa shape index (κ3) is 4.86. The number of hydrogen-bond acceptors (Lipinski definition) is 3. The van der Waals surface area contributed by atoms with E-state index in [4.69, 9.17) is 15.4 Å². The van der Waals surface area contributed by atoms with Crippen molar-refractivity contribution >= 4 is 19.7 Å². The molecule has 0 radical (unpaired) electrons. The summed E-state index contributed by atoms with van der Waals surface area (Å²) >= 11 is 0. The van der Waals surface area contributed by atoms with Gasteiger partial charge in [-0.2, -0.15) is 0 Å². The van der Waals surface area contributed by atoms with Crippen LogP contribution in [-0.2, 0) is 14.5 Å². The second-order valence-corrected chi connectivity index (χ2v) is 8.22. The van der Waals surface area contributed by atoms with E-state index in [1.165, 1.54) is 5.56 Å². The summed E-state index contributed by atoms with van der Waals surface area (Å²) in [6.45, 7) is 8.44. The molecule has 0 aliphatic rings. The van der Waals surface area contributed by atoms with Crippen molar-refractivity contribution in [1.29, 1.82) is 0 Å². The monoisotopic (exact) mass is 290 g/mol. The van der Waals surface area contributed by atoms with E-state index in [1.807, 2.05) is 19.1 Å². The van der Waals surface area contributed by atoms with Gasteiger partial charge in [-0.25, -0.2) is 8.42 Å². The van der Waals surface area contributed by atoms with Crippen LogP contribution >= 0.6 is 10.7 Å². The van der Waals surface area contributed by atoms with Crippen molar-refractivity contribution < 1.29 is 13.2 Å². The summed E-state index contributed by atoms with van der Waals surface area (Å²) in [7, 11) is 1.63. The Morgan fingerprint density at radius 2 is 1.89 bits per heavy atom. The van der Waals surface area contributed by atoms with Gasteiger partial charge in [0, 0.05) is 10.7 Å². The predicted octanol–water partition coefficient (Wildman–Crippen LogP) is 3.24. The highest BCUT2D eigenvalue weighted by Crippen LogP contribution is 2.27. The first-order valence-corrected chi connectivity index (χ1v) is 8.24. The summed E-state index contributed by atoms with van der Waals surface area (Å²) < 4.78 is 27.0. The maximum atomic E-state index is 10.8. The Balaban J connectivity index is 2.75. The summed E-state index contributed by atoms with van der Waals surface area (Å²) in [5.41, 5.74) is 2.30. The molecule has 0 heterocycles. The van der Waals surface area contributed by atoms with Crippen molar-refractivity contribution in [2.45, 2.75) is 33.1 Å². The summed E-state index contributed by atoms with van der Waals surface area (Å²) in [6, 6.07) is 5.93. The molecule has 0 bridgehead atoms. The highest BCUT2D eigenvalue weighted by atomic mass is 35.7. The van der Waals surface area contributed by atoms with E-state index in [9.17, 15) is 8.42 Å². The summed E-state index contributed by atoms with van der Waals surface area (Å²) in [6.07, 6.45) is 0. The lowest BCUT2D eigenvalue weighted by atomic mass is 9.86. The lowest BCUT2D eigenvalue weighted by Crippen LogP contribution is -2.12. The number of benzene rings is 1. The van der Waals surface area contributed by atoms with Crippen LogP contribution in [0.15, 0.2) is 18.2 Å². The predicted molar refractivity (Wildman–Crippen MR) is 75.0 cm³/mol. The molecule has 0 saturated heterocycles. The largest absolute Gasteiger partial charge is 0.492 e. The van der Waals surface area contributed by atoms with Crippen LogP contribution in [0.3, 0.4) is 0 Å². The second kappa shape index (κ2) is 5.49. The molecule has 0 N–H and O–H groups in total. The van der Waals surface area contributed by atoms with Gasteiger partial charge in [-0.15, -0.1) is 0 Å². The normalized spacial score (nSPS) is 12.5. The molecule has 18 heavy (non-hydrogen) atoms. The molecule has 0 aliphatic heterocycles. The number of rotatable bonds is 4. The highest BCUT2D eigenvalue weighted by Gasteiger charge is 2.15. The van der Waals surface area contributed by atoms with E-state index < -0.39 is 9.05 Å². The van der Waals surface area contributed by atoms with Gasteiger partial charge < -0.3 is 4.74 Å². The van der Waals surface area contributed by atoms with Gasteiger partial charge in [-0.3, -0.25) is 0 Å². The first kappa shape index (κ1) is 15.3. The molecule has 102 valence electrons. The molecule has 0 saturated carbocycles. The van der Waals surface area contributed by atoms with Crippen molar-refractivity contribution in [2.75, 3.05) is 12.4 Å². The van der Waals surface area contributed by atoms with Gasteiger partial charge in [0.05, 0.1) is 5.75 Å². The Hall–Kier alpha value is -0.740. The van der Waals surface area contributed by atoms with Crippen LogP contribution in [0.2, 0.25) is 0 Å². The molecule has 0 spiro atoms. The van der Waals surface area contributed by atoms with Crippen LogP contribution in [0.1, 0.15) is 31.9 Å². The standard InChI is InChI=1S/C13H19ClO3S/c1-10-9-11(13(2,3)4)5-6-12(10)17-7-8-18(14,15)16/h5-6,9H,7-8H2,1-4H3. The van der Waals surface area contributed by atoms with Crippen molar-refractivity contribution in [1.82, 2.24) is 0 Å². The van der Waals surface area contributed by atoms with Gasteiger partial charge in [0.15, 0.2) is 0 Å². The Kier molecular flexibility index (Phi) is 4.67. The summed E-state index contributed by atoms with van der Waals surface area (Å²) in [4.78, 5) is 0. The van der Waals surface area contributed by atoms with E-state index in [-0.39, 0.29) is 17.8 Å². The Labute approximate surface area is 114 Å². The third-order valence-corrected chi connectivity index (χ3v) is 3.74. The molecule has 1 aromatic carbocycles. The smallest absolute Gasteiger partial charge is 0.235 e. The van der Waals surface area contributed by atoms with Gasteiger partial charge in [0.25, 0.3) is 0 Å². The molecule has 0 amide bonds. The zero-order chi connectivity index (χ0) is 14.0. The van der Waals surface area contributed by atoms with Crippen molar-refractivity contribution in [3.8, 4) is 5.75 Å². The summed E-state index contributed by atoms with van der Waals surface area (Å²) in [5, 5.41) is 0. The zero-order valence-corrected chi connectivity index (χ0v) is 12.7. The van der Waals surface area contributed by atoms with Crippen LogP contribution < -0.4 is 4.74 Å². The minimum Gasteiger partial charge on any atom is -0.492 e. The molecule has 1 rings (SSSR count). The lowest BCUT2D eigenvalue weighted by molar-refractivity contribution is 0.339. The lowest BCUT2D eigenvalue weighted by Gasteiger charge is -2.20. The first-order chi connectivity index (χ1) is 8.09. The molecule has 1 aromatic rings. The van der Waals surface area contributed by atoms with Crippen LogP contribution in [0.25, 0.3) is 0 Å². The maximum absolute atomic E-state index is 10.8. The van der Waals surface area contributed by atoms with Crippen LogP contribution in [0.4, 0.5) is 0 Å². The average Bonchev–Trinajstić information content (AvgIpc) is 2.17. The van der Waals surface area contributed by atoms with Gasteiger partial charge >= 0.3 is 0 Å². The zero-order valence-electron chi connectivity index (χ0n) is 11.2. The molecular formula is C13H19ClO3S. The molecule has 0 unspecified atom stereocenters. The fraction of sp³-hybridized carbons (Fsp3) is 0.538. The Morgan fingerprint density at radius 3 is 2.33 bits per heavy atom. The van der Waals surface area contributed by atoms with Crippen LogP contribution in [0, 0.1) is 6.92 Å². The minimum atomic E-state index is -3.49. The molecule has 3 nitrogen and oxygen atoms in total. The average molecular weight is 291 g/mol. The van der Waals surface area contributed by atoms with Crippen molar-refractivity contribution in [3.05, 3.63) is 29.3 Å². The van der Waals surface area contributed by atoms with Gasteiger partial charge in [0.2, 0.25) is 9.05 Å². The van der Waals surface area contributed by atoms with Crippen molar-refractivity contribution in [2.24, 2.45) is 0 Å². The van der Waals surface area contributed by atoms with E-state index in [0.29, 0.717) is 5.75 Å². The van der Waals surface area contributed by atoms with E-state index in [2.05, 4.69) is 26.8 Å². The topological polar surface area (TPSA) is 43.4 Å². The Bertz CT molecular complexity index is 516. The van der Waals surface area contributed by atoms with E-state index in [0.717, 1.165) is 5.56 Å². The second-order valence-electron chi connectivity index (χ2n) is 5.32. The fourth-order valence-corrected chi connectivity index (χ4v) is 2.00. The van der Waals surface area contributed by atoms with Gasteiger partial charge in [-0.1, -0.05) is 32.9 Å². The quantitative estimate of drug-likeness (QED) is 0.800. The Morgan fingerprint density at radius 1 is 1.28 bits per heavy atom. The minimum absolute atomic E-state index is 0.0710. The van der Waals surface area contributed by atoms with Gasteiger partial charge in [0.1, 0.15) is 12.4 Å². The molecule has 0 atom stereocenters. The molecular weight excluding hydrogens is 272 g/mol. The summed E-state index contributed by atoms with van der Waals surface area (Å²) in [5.74, 6) is 0.512. The highest BCUT2D eigenvalue weighted by molar-refractivity contribution is 8.13. The number of ether oxygens (including phenoxy) is 1. The number of hydrogen-bond donors (Lipinski definition) is 0. The van der Waals surface area contributed by atoms with E-state index in [1.54, 1.807) is 0 Å². The molecule has 0 fully saturated rings. The fourth-order valence-electron chi connectivity index (χ4n) is 1.53. The molecule has 0 aromatic heterocycles.